The van der Waals surface area contributed by atoms with Crippen LogP contribution in [0.1, 0.15) is 26.7 Å². The third kappa shape index (κ3) is 3.25. The monoisotopic (exact) mass is 365 g/mol. The van der Waals surface area contributed by atoms with Gasteiger partial charge in [-0.3, -0.25) is 19.3 Å². The van der Waals surface area contributed by atoms with Crippen molar-refractivity contribution in [1.82, 2.24) is 20.7 Å². The van der Waals surface area contributed by atoms with Gasteiger partial charge in [-0.05, 0) is 32.8 Å². The van der Waals surface area contributed by atoms with Crippen LogP contribution in [0.15, 0.2) is 23.4 Å². The van der Waals surface area contributed by atoms with Crippen molar-refractivity contribution in [2.45, 2.75) is 44.4 Å². The van der Waals surface area contributed by atoms with Crippen LogP contribution >= 0.6 is 0 Å². The van der Waals surface area contributed by atoms with Crippen molar-refractivity contribution in [1.29, 1.82) is 0 Å². The molecule has 0 aromatic rings. The van der Waals surface area contributed by atoms with Crippen molar-refractivity contribution in [2.24, 2.45) is 5.73 Å². The van der Waals surface area contributed by atoms with Crippen LogP contribution < -0.4 is 16.5 Å². The zero-order valence-corrected chi connectivity index (χ0v) is 14.9. The lowest BCUT2D eigenvalue weighted by atomic mass is 10.1. The minimum Gasteiger partial charge on any atom is -0.493 e. The van der Waals surface area contributed by atoms with E-state index >= 15 is 0 Å². The summed E-state index contributed by atoms with van der Waals surface area (Å²) in [5, 5.41) is 14.3. The smallest absolute Gasteiger partial charge is 0.270 e. The van der Waals surface area contributed by atoms with E-state index in [2.05, 4.69) is 10.7 Å². The third-order valence-corrected chi connectivity index (χ3v) is 4.52. The molecule has 0 saturated heterocycles. The fraction of sp³-hybridized carbons (Fsp3) is 0.562. The second-order valence-electron chi connectivity index (χ2n) is 7.17. The molecule has 2 aliphatic heterocycles. The molecule has 1 unspecified atom stereocenters. The molecule has 10 nitrogen and oxygen atoms in total. The summed E-state index contributed by atoms with van der Waals surface area (Å²) in [5.74, 6) is -2.33. The zero-order chi connectivity index (χ0) is 19.2. The van der Waals surface area contributed by atoms with Crippen LogP contribution in [0.4, 0.5) is 0 Å². The van der Waals surface area contributed by atoms with E-state index in [0.29, 0.717) is 0 Å². The number of carbonyl (C=O) groups excluding carboxylic acids is 3. The molecular formula is C16H23N5O5. The Morgan fingerprint density at radius 2 is 2.12 bits per heavy atom. The van der Waals surface area contributed by atoms with Gasteiger partial charge in [0.2, 0.25) is 11.8 Å². The van der Waals surface area contributed by atoms with Gasteiger partial charge in [-0.1, -0.05) is 0 Å². The highest BCUT2D eigenvalue weighted by Crippen LogP contribution is 2.31. The molecule has 142 valence electrons. The molecule has 26 heavy (non-hydrogen) atoms. The van der Waals surface area contributed by atoms with Crippen molar-refractivity contribution in [3.05, 3.63) is 23.4 Å². The summed E-state index contributed by atoms with van der Waals surface area (Å²) in [7, 11) is 1.51. The van der Waals surface area contributed by atoms with Gasteiger partial charge in [-0.15, -0.1) is 0 Å². The van der Waals surface area contributed by atoms with E-state index in [1.807, 2.05) is 0 Å². The number of carbonyl (C=O) groups is 3. The van der Waals surface area contributed by atoms with Crippen molar-refractivity contribution in [2.75, 3.05) is 13.7 Å². The predicted molar refractivity (Wildman–Crippen MR) is 89.7 cm³/mol. The lowest BCUT2D eigenvalue weighted by Crippen LogP contribution is -2.54. The van der Waals surface area contributed by atoms with Crippen LogP contribution in [0, 0.1) is 0 Å². The molecule has 0 aromatic heterocycles. The van der Waals surface area contributed by atoms with Gasteiger partial charge < -0.3 is 20.9 Å². The quantitative estimate of drug-likeness (QED) is 0.435. The average Bonchev–Trinajstić information content (AvgIpc) is 3.25. The fourth-order valence-corrected chi connectivity index (χ4v) is 2.72. The number of rotatable bonds is 6. The first-order valence-corrected chi connectivity index (χ1v) is 8.33. The maximum absolute atomic E-state index is 13.0. The predicted octanol–water partition coefficient (Wildman–Crippen LogP) is -1.18. The number of aliphatic hydroxyl groups excluding tert-OH is 1. The van der Waals surface area contributed by atoms with Gasteiger partial charge in [-0.2, -0.15) is 0 Å². The molecule has 0 bridgehead atoms. The molecule has 0 radical (unpaired) electrons. The maximum atomic E-state index is 13.0. The molecule has 3 rings (SSSR count). The van der Waals surface area contributed by atoms with E-state index in [0.717, 1.165) is 17.9 Å². The number of nitrogens with one attached hydrogen (secondary N) is 2. The number of ether oxygens (including phenoxy) is 1. The minimum absolute atomic E-state index is 0.0151. The normalized spacial score (nSPS) is 23.1. The van der Waals surface area contributed by atoms with Crippen molar-refractivity contribution >= 4 is 17.7 Å². The topological polar surface area (TPSA) is 137 Å². The number of nitrogens with two attached hydrogens (primary N) is 1. The van der Waals surface area contributed by atoms with E-state index in [-0.39, 0.29) is 18.4 Å². The Hall–Kier alpha value is -2.59. The molecule has 2 heterocycles. The number of hydrazine groups is 1. The van der Waals surface area contributed by atoms with Gasteiger partial charge in [0.15, 0.2) is 5.57 Å². The van der Waals surface area contributed by atoms with Crippen LogP contribution in [-0.4, -0.2) is 64.1 Å². The molecule has 0 aromatic carbocycles. The van der Waals surface area contributed by atoms with E-state index in [1.165, 1.54) is 18.1 Å². The minimum atomic E-state index is -0.918. The average molecular weight is 365 g/mol. The Kier molecular flexibility index (Phi) is 4.41. The summed E-state index contributed by atoms with van der Waals surface area (Å²) < 4.78 is 5.38. The van der Waals surface area contributed by atoms with E-state index in [9.17, 15) is 19.5 Å². The van der Waals surface area contributed by atoms with Crippen LogP contribution in [0.3, 0.4) is 0 Å². The van der Waals surface area contributed by atoms with E-state index < -0.39 is 40.8 Å². The number of nitrogens with zero attached hydrogens (tertiary/aromatic N) is 2. The molecule has 3 amide bonds. The van der Waals surface area contributed by atoms with Crippen LogP contribution in [0.2, 0.25) is 0 Å². The second-order valence-corrected chi connectivity index (χ2v) is 7.17. The Morgan fingerprint density at radius 1 is 1.46 bits per heavy atom. The number of primary amides is 1. The summed E-state index contributed by atoms with van der Waals surface area (Å²) >= 11 is 0. The highest BCUT2D eigenvalue weighted by atomic mass is 16.5. The van der Waals surface area contributed by atoms with Crippen LogP contribution in [0.25, 0.3) is 0 Å². The summed E-state index contributed by atoms with van der Waals surface area (Å²) in [6.45, 7) is 3.66. The van der Waals surface area contributed by atoms with Crippen molar-refractivity contribution in [3.8, 4) is 0 Å². The van der Waals surface area contributed by atoms with Crippen LogP contribution in [-0.2, 0) is 19.1 Å². The molecule has 1 atom stereocenters. The van der Waals surface area contributed by atoms with Gasteiger partial charge in [0, 0.05) is 13.2 Å². The summed E-state index contributed by atoms with van der Waals surface area (Å²) in [4.78, 5) is 38.3. The first-order valence-electron chi connectivity index (χ1n) is 8.33. The number of amides is 3. The van der Waals surface area contributed by atoms with Gasteiger partial charge >= 0.3 is 0 Å². The van der Waals surface area contributed by atoms with Gasteiger partial charge in [0.25, 0.3) is 11.8 Å². The van der Waals surface area contributed by atoms with Gasteiger partial charge in [0.1, 0.15) is 11.9 Å². The number of methoxy groups -OCH3 is 1. The molecular weight excluding hydrogens is 342 g/mol. The SMILES string of the molecule is COC(C)(C)CN1C(=O)C(C(=O)NC2CC2)=C(O)N2NC(C(N)=O)C=C12. The van der Waals surface area contributed by atoms with Gasteiger partial charge in [0.05, 0.1) is 12.1 Å². The first-order chi connectivity index (χ1) is 12.1. The van der Waals surface area contributed by atoms with Crippen LogP contribution in [0.5, 0.6) is 0 Å². The number of hydrogen-bond acceptors (Lipinski definition) is 7. The Balaban J connectivity index is 1.99. The Morgan fingerprint density at radius 3 is 2.65 bits per heavy atom. The highest BCUT2D eigenvalue weighted by molar-refractivity contribution is 6.19. The molecule has 5 N–H and O–H groups in total. The first kappa shape index (κ1) is 18.2. The Bertz CT molecular complexity index is 725. The summed E-state index contributed by atoms with van der Waals surface area (Å²) in [6.07, 6.45) is 3.11. The zero-order valence-electron chi connectivity index (χ0n) is 14.9. The lowest BCUT2D eigenvalue weighted by Gasteiger charge is -2.39. The third-order valence-electron chi connectivity index (χ3n) is 4.52. The van der Waals surface area contributed by atoms with Gasteiger partial charge in [-0.25, -0.2) is 10.4 Å². The van der Waals surface area contributed by atoms with Crippen molar-refractivity contribution < 1.29 is 24.2 Å². The molecule has 1 fully saturated rings. The molecule has 1 aliphatic carbocycles. The molecule has 3 aliphatic rings. The number of aliphatic hydroxyl groups is 1. The largest absolute Gasteiger partial charge is 0.493 e. The lowest BCUT2D eigenvalue weighted by molar-refractivity contribution is -0.135. The van der Waals surface area contributed by atoms with E-state index in [4.69, 9.17) is 10.5 Å². The maximum Gasteiger partial charge on any atom is 0.270 e. The van der Waals surface area contributed by atoms with E-state index in [1.54, 1.807) is 13.8 Å². The number of hydrogen-bond donors (Lipinski definition) is 4. The highest BCUT2D eigenvalue weighted by Gasteiger charge is 2.46. The molecule has 0 spiro atoms. The summed E-state index contributed by atoms with van der Waals surface area (Å²) in [6, 6.07) is -0.903. The molecule has 1 saturated carbocycles. The second kappa shape index (κ2) is 6.29. The van der Waals surface area contributed by atoms with Crippen molar-refractivity contribution in [3.63, 3.8) is 0 Å². The fourth-order valence-electron chi connectivity index (χ4n) is 2.72. The Labute approximate surface area is 150 Å². The summed E-state index contributed by atoms with van der Waals surface area (Å²) in [5.41, 5.74) is 6.90. The molecule has 10 heteroatoms. The standard InChI is InChI=1S/C16H23N5O5/c1-16(2,26-3)7-20-10-6-9(12(17)22)19-21(10)15(25)11(14(20)24)13(23)18-8-4-5-8/h6,8-9,19,25H,4-5,7H2,1-3H3,(H2,17,22)(H,18,23). The number of fused-ring (bicyclic) bond motifs is 1.